The third kappa shape index (κ3) is 2.67. The first-order chi connectivity index (χ1) is 9.28. The van der Waals surface area contributed by atoms with Crippen LogP contribution in [0.2, 0.25) is 0 Å². The molecule has 0 bridgehead atoms. The zero-order valence-electron chi connectivity index (χ0n) is 11.0. The summed E-state index contributed by atoms with van der Waals surface area (Å²) < 4.78 is 16.9. The fourth-order valence-corrected chi connectivity index (χ4v) is 3.57. The van der Waals surface area contributed by atoms with E-state index in [1.165, 1.54) is 0 Å². The lowest BCUT2D eigenvalue weighted by molar-refractivity contribution is -0.197. The van der Waals surface area contributed by atoms with Crippen molar-refractivity contribution in [3.63, 3.8) is 0 Å². The van der Waals surface area contributed by atoms with E-state index in [0.29, 0.717) is 19.3 Å². The summed E-state index contributed by atoms with van der Waals surface area (Å²) in [6, 6.07) is 0. The van der Waals surface area contributed by atoms with E-state index in [1.54, 1.807) is 0 Å². The zero-order chi connectivity index (χ0) is 13.2. The first kappa shape index (κ1) is 13.1. The molecule has 3 rings (SSSR count). The lowest BCUT2D eigenvalue weighted by atomic mass is 9.90. The van der Waals surface area contributed by atoms with E-state index < -0.39 is 0 Å². The second-order valence-electron chi connectivity index (χ2n) is 5.67. The van der Waals surface area contributed by atoms with Gasteiger partial charge in [-0.1, -0.05) is 0 Å². The zero-order valence-corrected chi connectivity index (χ0v) is 11.0. The van der Waals surface area contributed by atoms with Gasteiger partial charge in [-0.25, -0.2) is 0 Å². The van der Waals surface area contributed by atoms with Gasteiger partial charge in [-0.2, -0.15) is 0 Å². The second-order valence-corrected chi connectivity index (χ2v) is 5.67. The summed E-state index contributed by atoms with van der Waals surface area (Å²) in [5.41, 5.74) is 0. The fraction of sp³-hybridized carbons (Fsp3) is 0.857. The van der Waals surface area contributed by atoms with Gasteiger partial charge in [-0.15, -0.1) is 0 Å². The molecule has 5 heteroatoms. The molecule has 0 N–H and O–H groups in total. The van der Waals surface area contributed by atoms with E-state index in [2.05, 4.69) is 0 Å². The first-order valence-electron chi connectivity index (χ1n) is 7.18. The maximum atomic E-state index is 11.3. The lowest BCUT2D eigenvalue weighted by Gasteiger charge is -2.29. The van der Waals surface area contributed by atoms with Gasteiger partial charge in [0.15, 0.2) is 6.29 Å². The Morgan fingerprint density at radius 2 is 2.26 bits per heavy atom. The lowest BCUT2D eigenvalue weighted by Crippen LogP contribution is -2.31. The van der Waals surface area contributed by atoms with Crippen LogP contribution in [0.5, 0.6) is 0 Å². The summed E-state index contributed by atoms with van der Waals surface area (Å²) >= 11 is 0. The van der Waals surface area contributed by atoms with Gasteiger partial charge >= 0.3 is 5.97 Å². The predicted molar refractivity (Wildman–Crippen MR) is 65.2 cm³/mol. The summed E-state index contributed by atoms with van der Waals surface area (Å²) in [5.74, 6) is 0.101. The van der Waals surface area contributed by atoms with Crippen LogP contribution in [0.3, 0.4) is 0 Å². The highest BCUT2D eigenvalue weighted by molar-refractivity contribution is 5.72. The minimum Gasteiger partial charge on any atom is -0.462 e. The van der Waals surface area contributed by atoms with Gasteiger partial charge in [-0.3, -0.25) is 4.79 Å². The molecule has 0 aromatic rings. The van der Waals surface area contributed by atoms with Gasteiger partial charge in [0, 0.05) is 25.4 Å². The van der Waals surface area contributed by atoms with Crippen molar-refractivity contribution in [2.75, 3.05) is 6.61 Å². The number of rotatable bonds is 4. The molecule has 1 saturated carbocycles. The van der Waals surface area contributed by atoms with Gasteiger partial charge in [-0.05, 0) is 25.2 Å². The molecular weight excluding hydrogens is 248 g/mol. The van der Waals surface area contributed by atoms with Crippen LogP contribution in [-0.2, 0) is 23.8 Å². The van der Waals surface area contributed by atoms with Crippen LogP contribution in [0, 0.1) is 11.8 Å². The van der Waals surface area contributed by atoms with E-state index in [0.717, 1.165) is 32.2 Å². The fourth-order valence-electron chi connectivity index (χ4n) is 3.57. The summed E-state index contributed by atoms with van der Waals surface area (Å²) in [5, 5.41) is 0. The van der Waals surface area contributed by atoms with Crippen molar-refractivity contribution >= 4 is 12.3 Å². The number of esters is 1. The van der Waals surface area contributed by atoms with Gasteiger partial charge in [0.05, 0.1) is 12.5 Å². The van der Waals surface area contributed by atoms with E-state index in [-0.39, 0.29) is 36.3 Å². The number of hydrogen-bond acceptors (Lipinski definition) is 5. The van der Waals surface area contributed by atoms with E-state index in [4.69, 9.17) is 14.2 Å². The van der Waals surface area contributed by atoms with Crippen molar-refractivity contribution < 1.29 is 23.8 Å². The third-order valence-corrected chi connectivity index (χ3v) is 4.49. The van der Waals surface area contributed by atoms with Crippen molar-refractivity contribution in [1.82, 2.24) is 0 Å². The number of fused-ring (bicyclic) bond motifs is 1. The Labute approximate surface area is 112 Å². The molecule has 2 heterocycles. The highest BCUT2D eigenvalue weighted by Gasteiger charge is 2.50. The maximum absolute atomic E-state index is 11.3. The number of carbonyl (C=O) groups is 2. The minimum absolute atomic E-state index is 0.0172. The van der Waals surface area contributed by atoms with Crippen LogP contribution in [0.4, 0.5) is 0 Å². The van der Waals surface area contributed by atoms with Crippen LogP contribution in [0.15, 0.2) is 0 Å². The molecule has 1 unspecified atom stereocenters. The van der Waals surface area contributed by atoms with Crippen LogP contribution in [0.25, 0.3) is 0 Å². The Kier molecular flexibility index (Phi) is 3.84. The molecule has 1 aliphatic carbocycles. The largest absolute Gasteiger partial charge is 0.462 e. The average molecular weight is 268 g/mol. The van der Waals surface area contributed by atoms with Crippen molar-refractivity contribution in [2.45, 2.75) is 57.0 Å². The first-order valence-corrected chi connectivity index (χ1v) is 7.18. The molecule has 0 radical (unpaired) electrons. The third-order valence-electron chi connectivity index (χ3n) is 4.49. The summed E-state index contributed by atoms with van der Waals surface area (Å²) in [6.45, 7) is 0.748. The number of aldehydes is 1. The highest BCUT2D eigenvalue weighted by Crippen LogP contribution is 2.44. The molecule has 0 aromatic heterocycles. The van der Waals surface area contributed by atoms with Crippen molar-refractivity contribution in [1.29, 1.82) is 0 Å². The Morgan fingerprint density at radius 1 is 1.37 bits per heavy atom. The minimum atomic E-state index is -0.151. The van der Waals surface area contributed by atoms with Gasteiger partial charge in [0.25, 0.3) is 0 Å². The standard InChI is InChI=1S/C14H20O5/c15-5-4-9-10-7-13(16)18-12(10)8-11(9)19-14-3-1-2-6-17-14/h5,9-12,14H,1-4,6-8H2/t9-,10-,11-,12+,14?/m1/s1. The summed E-state index contributed by atoms with van der Waals surface area (Å²) in [6.07, 6.45) is 5.39. The monoisotopic (exact) mass is 268 g/mol. The molecule has 3 fully saturated rings. The van der Waals surface area contributed by atoms with Crippen LogP contribution >= 0.6 is 0 Å². The molecule has 2 aliphatic heterocycles. The Morgan fingerprint density at radius 3 is 3.00 bits per heavy atom. The molecule has 0 aromatic carbocycles. The SMILES string of the molecule is O=CC[C@@H]1[C@H]2CC(=O)O[C@H]2C[C@H]1OC1CCCCO1. The number of ether oxygens (including phenoxy) is 3. The molecule has 0 spiro atoms. The second kappa shape index (κ2) is 5.59. The molecule has 106 valence electrons. The Balaban J connectivity index is 1.63. The van der Waals surface area contributed by atoms with Crippen molar-refractivity contribution in [3.05, 3.63) is 0 Å². The number of hydrogen-bond donors (Lipinski definition) is 0. The highest BCUT2D eigenvalue weighted by atomic mass is 16.7. The quantitative estimate of drug-likeness (QED) is 0.570. The van der Waals surface area contributed by atoms with E-state index in [1.807, 2.05) is 0 Å². The summed E-state index contributed by atoms with van der Waals surface area (Å²) in [7, 11) is 0. The van der Waals surface area contributed by atoms with Gasteiger partial charge in [0.2, 0.25) is 0 Å². The molecular formula is C14H20O5. The molecule has 2 saturated heterocycles. The normalized spacial score (nSPS) is 41.9. The molecule has 3 aliphatic rings. The maximum Gasteiger partial charge on any atom is 0.306 e. The van der Waals surface area contributed by atoms with Crippen molar-refractivity contribution in [2.24, 2.45) is 11.8 Å². The Hall–Kier alpha value is -0.940. The van der Waals surface area contributed by atoms with Crippen LogP contribution in [0.1, 0.15) is 38.5 Å². The Bertz CT molecular complexity index is 350. The van der Waals surface area contributed by atoms with E-state index in [9.17, 15) is 9.59 Å². The number of carbonyl (C=O) groups excluding carboxylic acids is 2. The molecule has 19 heavy (non-hydrogen) atoms. The topological polar surface area (TPSA) is 61.8 Å². The molecule has 5 nitrogen and oxygen atoms in total. The predicted octanol–water partition coefficient (Wildman–Crippen LogP) is 1.44. The van der Waals surface area contributed by atoms with Crippen LogP contribution < -0.4 is 0 Å². The van der Waals surface area contributed by atoms with Crippen LogP contribution in [-0.4, -0.2) is 37.4 Å². The van der Waals surface area contributed by atoms with E-state index >= 15 is 0 Å². The molecule has 0 amide bonds. The summed E-state index contributed by atoms with van der Waals surface area (Å²) in [4.78, 5) is 22.2. The van der Waals surface area contributed by atoms with Gasteiger partial charge in [0.1, 0.15) is 12.4 Å². The smallest absolute Gasteiger partial charge is 0.306 e. The molecule has 5 atom stereocenters. The van der Waals surface area contributed by atoms with Crippen molar-refractivity contribution in [3.8, 4) is 0 Å². The van der Waals surface area contributed by atoms with Gasteiger partial charge < -0.3 is 19.0 Å². The average Bonchev–Trinajstić information content (AvgIpc) is 2.90.